The number of carbonyl (C=O) groups excluding carboxylic acids is 1. The molecule has 4 atom stereocenters. The average molecular weight is 339 g/mol. The third-order valence-corrected chi connectivity index (χ3v) is 3.39. The molecule has 0 aliphatic heterocycles. The second kappa shape index (κ2) is 11.0. The lowest BCUT2D eigenvalue weighted by Crippen LogP contribution is -2.47. The molecule has 0 spiro atoms. The SMILES string of the molecule is CCCO[C@@H](COC)[C@@H](Oc1ccccc1)[C@H](C)OC(=O)C(C)N. The Morgan fingerprint density at radius 2 is 1.88 bits per heavy atom. The van der Waals surface area contributed by atoms with E-state index in [-0.39, 0.29) is 6.10 Å². The minimum Gasteiger partial charge on any atom is -0.484 e. The van der Waals surface area contributed by atoms with Gasteiger partial charge < -0.3 is 24.7 Å². The van der Waals surface area contributed by atoms with E-state index in [1.807, 2.05) is 37.3 Å². The highest BCUT2D eigenvalue weighted by atomic mass is 16.6. The highest BCUT2D eigenvalue weighted by Crippen LogP contribution is 2.19. The van der Waals surface area contributed by atoms with Crippen molar-refractivity contribution in [2.75, 3.05) is 20.3 Å². The summed E-state index contributed by atoms with van der Waals surface area (Å²) in [6.45, 7) is 6.28. The van der Waals surface area contributed by atoms with Crippen molar-refractivity contribution in [3.05, 3.63) is 30.3 Å². The van der Waals surface area contributed by atoms with Gasteiger partial charge in [0, 0.05) is 13.7 Å². The molecule has 6 nitrogen and oxygen atoms in total. The summed E-state index contributed by atoms with van der Waals surface area (Å²) in [4.78, 5) is 11.8. The Hall–Kier alpha value is -1.63. The zero-order valence-electron chi connectivity index (χ0n) is 14.9. The highest BCUT2D eigenvalue weighted by Gasteiger charge is 2.33. The molecule has 6 heteroatoms. The maximum absolute atomic E-state index is 11.8. The van der Waals surface area contributed by atoms with E-state index in [0.29, 0.717) is 19.0 Å². The topological polar surface area (TPSA) is 80.0 Å². The van der Waals surface area contributed by atoms with Crippen molar-refractivity contribution in [1.82, 2.24) is 0 Å². The Morgan fingerprint density at radius 3 is 2.42 bits per heavy atom. The second-order valence-corrected chi connectivity index (χ2v) is 5.69. The van der Waals surface area contributed by atoms with Gasteiger partial charge in [0.15, 0.2) is 6.10 Å². The lowest BCUT2D eigenvalue weighted by Gasteiger charge is -2.32. The zero-order valence-corrected chi connectivity index (χ0v) is 14.9. The van der Waals surface area contributed by atoms with Gasteiger partial charge in [-0.3, -0.25) is 4.79 Å². The largest absolute Gasteiger partial charge is 0.484 e. The van der Waals surface area contributed by atoms with Gasteiger partial charge in [-0.05, 0) is 32.4 Å². The van der Waals surface area contributed by atoms with Crippen molar-refractivity contribution >= 4 is 5.97 Å². The Bertz CT molecular complexity index is 466. The van der Waals surface area contributed by atoms with Gasteiger partial charge in [0.25, 0.3) is 0 Å². The molecule has 0 heterocycles. The number of ether oxygens (including phenoxy) is 4. The van der Waals surface area contributed by atoms with Crippen molar-refractivity contribution in [2.45, 2.75) is 51.5 Å². The normalized spacial score (nSPS) is 16.0. The molecule has 0 fully saturated rings. The van der Waals surface area contributed by atoms with Crippen LogP contribution < -0.4 is 10.5 Å². The van der Waals surface area contributed by atoms with Gasteiger partial charge in [-0.2, -0.15) is 0 Å². The number of benzene rings is 1. The standard InChI is InChI=1S/C18H29NO5/c1-5-11-22-16(12-21-4)17(14(3)23-18(20)13(2)19)24-15-9-7-6-8-10-15/h6-10,13-14,16-17H,5,11-12,19H2,1-4H3/t13?,14-,16-,17-/m0/s1. The molecular weight excluding hydrogens is 310 g/mol. The molecule has 0 amide bonds. The lowest BCUT2D eigenvalue weighted by molar-refractivity contribution is -0.161. The predicted octanol–water partition coefficient (Wildman–Crippen LogP) is 2.15. The fraction of sp³-hybridized carbons (Fsp3) is 0.611. The van der Waals surface area contributed by atoms with Gasteiger partial charge in [-0.1, -0.05) is 25.1 Å². The molecule has 2 N–H and O–H groups in total. The van der Waals surface area contributed by atoms with E-state index in [4.69, 9.17) is 24.7 Å². The number of nitrogens with two attached hydrogens (primary N) is 1. The summed E-state index contributed by atoms with van der Waals surface area (Å²) in [5, 5.41) is 0. The Kier molecular flexibility index (Phi) is 9.37. The number of rotatable bonds is 11. The number of esters is 1. The van der Waals surface area contributed by atoms with Crippen LogP contribution in [0.15, 0.2) is 30.3 Å². The molecule has 0 saturated heterocycles. The molecule has 1 aromatic rings. The van der Waals surface area contributed by atoms with Crippen molar-refractivity contribution in [3.63, 3.8) is 0 Å². The molecule has 136 valence electrons. The molecule has 0 radical (unpaired) electrons. The summed E-state index contributed by atoms with van der Waals surface area (Å²) in [6.07, 6.45) is -0.555. The van der Waals surface area contributed by atoms with Crippen molar-refractivity contribution < 1.29 is 23.7 Å². The first kappa shape index (κ1) is 20.4. The van der Waals surface area contributed by atoms with E-state index in [1.165, 1.54) is 0 Å². The molecule has 1 unspecified atom stereocenters. The molecule has 0 saturated carbocycles. The summed E-state index contributed by atoms with van der Waals surface area (Å²) < 4.78 is 22.6. The molecular formula is C18H29NO5. The van der Waals surface area contributed by atoms with E-state index in [0.717, 1.165) is 6.42 Å². The summed E-state index contributed by atoms with van der Waals surface area (Å²) in [5.74, 6) is 0.197. The molecule has 24 heavy (non-hydrogen) atoms. The number of hydrogen-bond acceptors (Lipinski definition) is 6. The van der Waals surface area contributed by atoms with Crippen LogP contribution in [0.3, 0.4) is 0 Å². The summed E-state index contributed by atoms with van der Waals surface area (Å²) in [7, 11) is 1.60. The van der Waals surface area contributed by atoms with Crippen LogP contribution in [0.2, 0.25) is 0 Å². The Balaban J connectivity index is 2.92. The van der Waals surface area contributed by atoms with Gasteiger partial charge in [-0.15, -0.1) is 0 Å². The van der Waals surface area contributed by atoms with Crippen molar-refractivity contribution in [3.8, 4) is 5.75 Å². The van der Waals surface area contributed by atoms with E-state index >= 15 is 0 Å². The van der Waals surface area contributed by atoms with Crippen LogP contribution in [0.1, 0.15) is 27.2 Å². The van der Waals surface area contributed by atoms with E-state index < -0.39 is 24.2 Å². The molecule has 0 aliphatic rings. The van der Waals surface area contributed by atoms with Crippen LogP contribution in [-0.2, 0) is 19.0 Å². The molecule has 1 rings (SSSR count). The van der Waals surface area contributed by atoms with Gasteiger partial charge in [0.2, 0.25) is 0 Å². The van der Waals surface area contributed by atoms with Gasteiger partial charge in [0.1, 0.15) is 24.0 Å². The van der Waals surface area contributed by atoms with Crippen LogP contribution >= 0.6 is 0 Å². The Labute approximate surface area is 144 Å². The first-order valence-electron chi connectivity index (χ1n) is 8.27. The van der Waals surface area contributed by atoms with Gasteiger partial charge in [0.05, 0.1) is 6.61 Å². The minimum absolute atomic E-state index is 0.331. The third kappa shape index (κ3) is 6.86. The summed E-state index contributed by atoms with van der Waals surface area (Å²) >= 11 is 0. The van der Waals surface area contributed by atoms with Crippen LogP contribution in [0.4, 0.5) is 0 Å². The van der Waals surface area contributed by atoms with Crippen molar-refractivity contribution in [1.29, 1.82) is 0 Å². The van der Waals surface area contributed by atoms with Crippen LogP contribution in [0.25, 0.3) is 0 Å². The van der Waals surface area contributed by atoms with Gasteiger partial charge >= 0.3 is 5.97 Å². The molecule has 0 aromatic heterocycles. The smallest absolute Gasteiger partial charge is 0.323 e. The molecule has 1 aromatic carbocycles. The van der Waals surface area contributed by atoms with Crippen LogP contribution in [0, 0.1) is 0 Å². The summed E-state index contributed by atoms with van der Waals surface area (Å²) in [5.41, 5.74) is 5.58. The maximum Gasteiger partial charge on any atom is 0.323 e. The first-order chi connectivity index (χ1) is 11.5. The molecule has 0 aliphatic carbocycles. The van der Waals surface area contributed by atoms with E-state index in [9.17, 15) is 4.79 Å². The third-order valence-electron chi connectivity index (χ3n) is 3.39. The number of carbonyl (C=O) groups is 1. The minimum atomic E-state index is -0.692. The van der Waals surface area contributed by atoms with Crippen LogP contribution in [0.5, 0.6) is 5.75 Å². The fourth-order valence-corrected chi connectivity index (χ4v) is 2.16. The van der Waals surface area contributed by atoms with Crippen LogP contribution in [-0.4, -0.2) is 50.6 Å². The van der Waals surface area contributed by atoms with E-state index in [2.05, 4.69) is 0 Å². The number of methoxy groups -OCH3 is 1. The number of para-hydroxylation sites is 1. The zero-order chi connectivity index (χ0) is 17.9. The average Bonchev–Trinajstić information content (AvgIpc) is 2.57. The molecule has 0 bridgehead atoms. The Morgan fingerprint density at radius 1 is 1.21 bits per heavy atom. The first-order valence-corrected chi connectivity index (χ1v) is 8.27. The van der Waals surface area contributed by atoms with E-state index in [1.54, 1.807) is 21.0 Å². The fourth-order valence-electron chi connectivity index (χ4n) is 2.16. The second-order valence-electron chi connectivity index (χ2n) is 5.69. The monoisotopic (exact) mass is 339 g/mol. The maximum atomic E-state index is 11.8. The number of hydrogen-bond donors (Lipinski definition) is 1. The lowest BCUT2D eigenvalue weighted by atomic mass is 10.1. The highest BCUT2D eigenvalue weighted by molar-refractivity contribution is 5.75. The quantitative estimate of drug-likeness (QED) is 0.622. The predicted molar refractivity (Wildman–Crippen MR) is 92.0 cm³/mol. The summed E-state index contributed by atoms with van der Waals surface area (Å²) in [6, 6.07) is 8.66. The van der Waals surface area contributed by atoms with Gasteiger partial charge in [-0.25, -0.2) is 0 Å². The van der Waals surface area contributed by atoms with Crippen molar-refractivity contribution in [2.24, 2.45) is 5.73 Å².